The minimum Gasteiger partial charge on any atom is -0.504 e. The van der Waals surface area contributed by atoms with Gasteiger partial charge < -0.3 is 15.2 Å². The normalized spacial score (nSPS) is 14.6. The largest absolute Gasteiger partial charge is 0.504 e. The highest BCUT2D eigenvalue weighted by Crippen LogP contribution is 2.36. The second-order valence-electron chi connectivity index (χ2n) is 7.33. The molecule has 34 heavy (non-hydrogen) atoms. The Labute approximate surface area is 192 Å². The Hall–Kier alpha value is -3.99. The summed E-state index contributed by atoms with van der Waals surface area (Å²) >= 11 is 0. The SMILES string of the molecule is COc1ccc(C=C2C(=O)Nc3ccc(S(=O)(=O)Nc4ccc(C(F)(F)F)cc4)cc32)cc1O. The summed E-state index contributed by atoms with van der Waals surface area (Å²) in [5.74, 6) is -0.343. The van der Waals surface area contributed by atoms with Gasteiger partial charge in [0.05, 0.1) is 17.6 Å². The third-order valence-corrected chi connectivity index (χ3v) is 6.44. The van der Waals surface area contributed by atoms with Gasteiger partial charge in [-0.25, -0.2) is 8.42 Å². The third kappa shape index (κ3) is 4.55. The fourth-order valence-electron chi connectivity index (χ4n) is 3.38. The van der Waals surface area contributed by atoms with Crippen molar-refractivity contribution in [1.82, 2.24) is 0 Å². The molecule has 7 nitrogen and oxygen atoms in total. The number of rotatable bonds is 5. The molecule has 3 aromatic carbocycles. The fraction of sp³-hybridized carbons (Fsp3) is 0.0870. The number of ether oxygens (including phenoxy) is 1. The first-order valence-electron chi connectivity index (χ1n) is 9.72. The zero-order valence-corrected chi connectivity index (χ0v) is 18.3. The number of nitrogens with one attached hydrogen (secondary N) is 2. The maximum absolute atomic E-state index is 12.8. The lowest BCUT2D eigenvalue weighted by atomic mass is 10.0. The van der Waals surface area contributed by atoms with Crippen molar-refractivity contribution in [3.8, 4) is 11.5 Å². The number of amides is 1. The van der Waals surface area contributed by atoms with Gasteiger partial charge in [0.2, 0.25) is 0 Å². The van der Waals surface area contributed by atoms with Gasteiger partial charge >= 0.3 is 6.18 Å². The van der Waals surface area contributed by atoms with Crippen LogP contribution < -0.4 is 14.8 Å². The van der Waals surface area contributed by atoms with Crippen LogP contribution in [-0.2, 0) is 21.0 Å². The number of phenols is 1. The molecular formula is C23H17F3N2O5S. The molecule has 3 N–H and O–H groups in total. The van der Waals surface area contributed by atoms with Crippen molar-refractivity contribution in [2.24, 2.45) is 0 Å². The first-order chi connectivity index (χ1) is 16.0. The van der Waals surface area contributed by atoms with Crippen LogP contribution in [-0.4, -0.2) is 26.5 Å². The number of halogens is 3. The molecule has 0 aliphatic carbocycles. The molecule has 0 saturated carbocycles. The Morgan fingerprint density at radius 3 is 2.35 bits per heavy atom. The lowest BCUT2D eigenvalue weighted by molar-refractivity contribution is -0.137. The highest BCUT2D eigenvalue weighted by atomic mass is 32.2. The summed E-state index contributed by atoms with van der Waals surface area (Å²) < 4.78 is 71.1. The van der Waals surface area contributed by atoms with Crippen LogP contribution in [0.4, 0.5) is 24.5 Å². The van der Waals surface area contributed by atoms with Crippen molar-refractivity contribution >= 4 is 39.0 Å². The van der Waals surface area contributed by atoms with Crippen LogP contribution in [0.1, 0.15) is 16.7 Å². The van der Waals surface area contributed by atoms with Gasteiger partial charge in [-0.3, -0.25) is 9.52 Å². The van der Waals surface area contributed by atoms with E-state index in [2.05, 4.69) is 10.0 Å². The van der Waals surface area contributed by atoms with Crippen molar-refractivity contribution in [3.05, 3.63) is 77.4 Å². The van der Waals surface area contributed by atoms with Crippen LogP contribution in [0, 0.1) is 0 Å². The number of carbonyl (C=O) groups excluding carboxylic acids is 1. The summed E-state index contributed by atoms with van der Waals surface area (Å²) in [6.45, 7) is 0. The second-order valence-corrected chi connectivity index (χ2v) is 9.01. The molecule has 0 spiro atoms. The average Bonchev–Trinajstić information content (AvgIpc) is 3.08. The number of anilines is 2. The molecule has 11 heteroatoms. The predicted octanol–water partition coefficient (Wildman–Crippen LogP) is 4.71. The minimum atomic E-state index is -4.54. The minimum absolute atomic E-state index is 0.0489. The molecule has 0 fully saturated rings. The lowest BCUT2D eigenvalue weighted by Crippen LogP contribution is -2.13. The molecular weight excluding hydrogens is 473 g/mol. The molecule has 1 amide bonds. The Kier molecular flexibility index (Phi) is 5.74. The average molecular weight is 490 g/mol. The molecule has 0 bridgehead atoms. The summed E-state index contributed by atoms with van der Waals surface area (Å²) in [6.07, 6.45) is -3.06. The van der Waals surface area contributed by atoms with Crippen LogP contribution in [0.15, 0.2) is 65.6 Å². The van der Waals surface area contributed by atoms with Crippen LogP contribution in [0.25, 0.3) is 11.6 Å². The van der Waals surface area contributed by atoms with Gasteiger partial charge in [0.25, 0.3) is 15.9 Å². The molecule has 1 heterocycles. The van der Waals surface area contributed by atoms with Crippen LogP contribution in [0.2, 0.25) is 0 Å². The zero-order chi connectivity index (χ0) is 24.7. The molecule has 1 aliphatic heterocycles. The lowest BCUT2D eigenvalue weighted by Gasteiger charge is -2.11. The molecule has 1 aliphatic rings. The predicted molar refractivity (Wildman–Crippen MR) is 120 cm³/mol. The van der Waals surface area contributed by atoms with Crippen LogP contribution in [0.3, 0.4) is 0 Å². The van der Waals surface area contributed by atoms with Gasteiger partial charge in [-0.05, 0) is 66.2 Å². The van der Waals surface area contributed by atoms with Crippen molar-refractivity contribution in [1.29, 1.82) is 0 Å². The molecule has 176 valence electrons. The Morgan fingerprint density at radius 2 is 1.74 bits per heavy atom. The summed E-state index contributed by atoms with van der Waals surface area (Å²) in [7, 11) is -2.77. The number of phenolic OH excluding ortho intramolecular Hbond substituents is 1. The maximum atomic E-state index is 12.8. The van der Waals surface area contributed by atoms with E-state index in [9.17, 15) is 31.5 Å². The smallest absolute Gasteiger partial charge is 0.416 e. The topological polar surface area (TPSA) is 105 Å². The monoisotopic (exact) mass is 490 g/mol. The van der Waals surface area contributed by atoms with E-state index in [4.69, 9.17) is 4.74 Å². The van der Waals surface area contributed by atoms with E-state index in [-0.39, 0.29) is 27.7 Å². The highest BCUT2D eigenvalue weighted by Gasteiger charge is 2.30. The number of hydrogen-bond donors (Lipinski definition) is 3. The van der Waals surface area contributed by atoms with Gasteiger partial charge in [0, 0.05) is 22.5 Å². The quantitative estimate of drug-likeness (QED) is 0.449. The van der Waals surface area contributed by atoms with E-state index in [0.29, 0.717) is 16.8 Å². The number of alkyl halides is 3. The first kappa shape index (κ1) is 23.2. The molecule has 4 rings (SSSR count). The third-order valence-electron chi connectivity index (χ3n) is 5.06. The molecule has 0 saturated heterocycles. The first-order valence-corrected chi connectivity index (χ1v) is 11.2. The number of fused-ring (bicyclic) bond motifs is 1. The molecule has 0 unspecified atom stereocenters. The standard InChI is InChI=1S/C23H17F3N2O5S/c1-33-21-9-2-13(11-20(21)29)10-18-17-12-16(7-8-19(17)27-22(18)30)34(31,32)28-15-5-3-14(4-6-15)23(24,25)26/h2-12,28-29H,1H3,(H,27,30). The number of benzene rings is 3. The second kappa shape index (κ2) is 8.41. The van der Waals surface area contributed by atoms with Gasteiger partial charge in [0.1, 0.15) is 0 Å². The van der Waals surface area contributed by atoms with E-state index >= 15 is 0 Å². The number of carbonyl (C=O) groups is 1. The Balaban J connectivity index is 1.66. The van der Waals surface area contributed by atoms with Gasteiger partial charge in [0.15, 0.2) is 11.5 Å². The van der Waals surface area contributed by atoms with E-state index < -0.39 is 27.7 Å². The van der Waals surface area contributed by atoms with E-state index in [1.165, 1.54) is 43.5 Å². The maximum Gasteiger partial charge on any atom is 0.416 e. The molecule has 0 atom stereocenters. The zero-order valence-electron chi connectivity index (χ0n) is 17.5. The van der Waals surface area contributed by atoms with Crippen molar-refractivity contribution < 1.29 is 36.2 Å². The van der Waals surface area contributed by atoms with Gasteiger partial charge in [-0.1, -0.05) is 6.07 Å². The van der Waals surface area contributed by atoms with Crippen molar-refractivity contribution in [2.75, 3.05) is 17.1 Å². The van der Waals surface area contributed by atoms with E-state index in [0.717, 1.165) is 24.3 Å². The molecule has 3 aromatic rings. The molecule has 0 radical (unpaired) electrons. The summed E-state index contributed by atoms with van der Waals surface area (Å²) in [6, 6.07) is 12.1. The fourth-order valence-corrected chi connectivity index (χ4v) is 4.47. The highest BCUT2D eigenvalue weighted by molar-refractivity contribution is 7.92. The Bertz CT molecular complexity index is 1420. The van der Waals surface area contributed by atoms with Gasteiger partial charge in [-0.2, -0.15) is 13.2 Å². The summed E-state index contributed by atoms with van der Waals surface area (Å²) in [5.41, 5.74) is 0.403. The number of aromatic hydroxyl groups is 1. The van der Waals surface area contributed by atoms with Crippen LogP contribution >= 0.6 is 0 Å². The van der Waals surface area contributed by atoms with Crippen molar-refractivity contribution in [2.45, 2.75) is 11.1 Å². The molecule has 0 aromatic heterocycles. The van der Waals surface area contributed by atoms with Crippen molar-refractivity contribution in [3.63, 3.8) is 0 Å². The van der Waals surface area contributed by atoms with E-state index in [1.807, 2.05) is 0 Å². The summed E-state index contributed by atoms with van der Waals surface area (Å²) in [4.78, 5) is 12.3. The van der Waals surface area contributed by atoms with Gasteiger partial charge in [-0.15, -0.1) is 0 Å². The number of methoxy groups -OCH3 is 1. The van der Waals surface area contributed by atoms with Crippen LogP contribution in [0.5, 0.6) is 11.5 Å². The Morgan fingerprint density at radius 1 is 1.03 bits per heavy atom. The number of sulfonamides is 1. The summed E-state index contributed by atoms with van der Waals surface area (Å²) in [5, 5.41) is 12.6. The number of hydrogen-bond acceptors (Lipinski definition) is 5. The van der Waals surface area contributed by atoms with E-state index in [1.54, 1.807) is 6.07 Å².